The van der Waals surface area contributed by atoms with E-state index >= 15 is 0 Å². The van der Waals surface area contributed by atoms with Crippen molar-refractivity contribution in [2.45, 2.75) is 19.6 Å². The number of nitrogens with zero attached hydrogens (tertiary/aromatic N) is 1. The van der Waals surface area contributed by atoms with E-state index in [2.05, 4.69) is 10.5 Å². The van der Waals surface area contributed by atoms with Gasteiger partial charge in [-0.15, -0.1) is 11.8 Å². The molecule has 0 aliphatic heterocycles. The second kappa shape index (κ2) is 6.81. The maximum absolute atomic E-state index is 11.8. The minimum atomic E-state index is -0.0601. The lowest BCUT2D eigenvalue weighted by Gasteiger charge is -2.06. The fourth-order valence-electron chi connectivity index (χ4n) is 1.60. The van der Waals surface area contributed by atoms with Crippen LogP contribution in [0.15, 0.2) is 28.8 Å². The van der Waals surface area contributed by atoms with Gasteiger partial charge in [0.05, 0.1) is 11.4 Å². The van der Waals surface area contributed by atoms with E-state index in [1.54, 1.807) is 6.07 Å². The average Bonchev–Trinajstić information content (AvgIpc) is 2.80. The zero-order chi connectivity index (χ0) is 14.5. The van der Waals surface area contributed by atoms with Crippen LogP contribution < -0.4 is 5.32 Å². The van der Waals surface area contributed by atoms with Gasteiger partial charge < -0.3 is 9.84 Å². The van der Waals surface area contributed by atoms with Crippen LogP contribution in [0.2, 0.25) is 5.02 Å². The molecule has 20 heavy (non-hydrogen) atoms. The summed E-state index contributed by atoms with van der Waals surface area (Å²) in [4.78, 5) is 11.8. The molecular weight excluding hydrogens is 296 g/mol. The first kappa shape index (κ1) is 14.9. The Morgan fingerprint density at radius 1 is 1.40 bits per heavy atom. The lowest BCUT2D eigenvalue weighted by Crippen LogP contribution is -2.14. The highest BCUT2D eigenvalue weighted by atomic mass is 35.5. The van der Waals surface area contributed by atoms with Crippen LogP contribution in [0.1, 0.15) is 17.0 Å². The van der Waals surface area contributed by atoms with Gasteiger partial charge in [-0.3, -0.25) is 4.79 Å². The zero-order valence-corrected chi connectivity index (χ0v) is 12.8. The molecule has 1 N–H and O–H groups in total. The van der Waals surface area contributed by atoms with Crippen LogP contribution in [0.4, 0.5) is 5.69 Å². The molecule has 0 radical (unpaired) electrons. The maximum Gasteiger partial charge on any atom is 0.234 e. The second-order valence-corrected chi connectivity index (χ2v) is 5.83. The largest absolute Gasteiger partial charge is 0.361 e. The molecule has 106 valence electrons. The molecule has 6 heteroatoms. The Labute approximate surface area is 126 Å². The Morgan fingerprint density at radius 3 is 2.85 bits per heavy atom. The van der Waals surface area contributed by atoms with Crippen molar-refractivity contribution >= 4 is 35.0 Å². The minimum Gasteiger partial charge on any atom is -0.361 e. The predicted octanol–water partition coefficient (Wildman–Crippen LogP) is 3.82. The third-order valence-electron chi connectivity index (χ3n) is 2.62. The fourth-order valence-corrected chi connectivity index (χ4v) is 2.49. The number of aryl methyl sites for hydroxylation is 2. The summed E-state index contributed by atoms with van der Waals surface area (Å²) in [5.74, 6) is 1.73. The molecule has 0 saturated heterocycles. The predicted molar refractivity (Wildman–Crippen MR) is 82.2 cm³/mol. The number of halogens is 1. The maximum atomic E-state index is 11.8. The molecule has 0 saturated carbocycles. The lowest BCUT2D eigenvalue weighted by atomic mass is 10.2. The van der Waals surface area contributed by atoms with E-state index in [0.717, 1.165) is 17.0 Å². The van der Waals surface area contributed by atoms with Crippen molar-refractivity contribution in [2.75, 3.05) is 11.1 Å². The number of nitrogens with one attached hydrogen (secondary N) is 1. The molecule has 0 aliphatic rings. The summed E-state index contributed by atoms with van der Waals surface area (Å²) < 4.78 is 4.96. The van der Waals surface area contributed by atoms with Crippen molar-refractivity contribution in [2.24, 2.45) is 0 Å². The molecule has 0 spiro atoms. The SMILES string of the molecule is Cc1cc(CSCC(=O)Nc2ccc(C)c(Cl)c2)no1. The molecular formula is C14H15ClN2O2S. The summed E-state index contributed by atoms with van der Waals surface area (Å²) in [5.41, 5.74) is 2.54. The van der Waals surface area contributed by atoms with E-state index < -0.39 is 0 Å². The zero-order valence-electron chi connectivity index (χ0n) is 11.3. The number of aromatic nitrogens is 1. The lowest BCUT2D eigenvalue weighted by molar-refractivity contribution is -0.113. The fraction of sp³-hybridized carbons (Fsp3) is 0.286. The summed E-state index contributed by atoms with van der Waals surface area (Å²) in [6.45, 7) is 3.76. The standard InChI is InChI=1S/C14H15ClN2O2S/c1-9-3-4-11(6-13(9)15)16-14(18)8-20-7-12-5-10(2)19-17-12/h3-6H,7-8H2,1-2H3,(H,16,18). The third kappa shape index (κ3) is 4.28. The summed E-state index contributed by atoms with van der Waals surface area (Å²) in [6, 6.07) is 7.33. The van der Waals surface area contributed by atoms with Gasteiger partial charge in [-0.25, -0.2) is 0 Å². The molecule has 0 fully saturated rings. The van der Waals surface area contributed by atoms with Gasteiger partial charge in [0, 0.05) is 22.5 Å². The molecule has 0 atom stereocenters. The van der Waals surface area contributed by atoms with Gasteiger partial charge >= 0.3 is 0 Å². The number of thioether (sulfide) groups is 1. The third-order valence-corrected chi connectivity index (χ3v) is 3.99. The Kier molecular flexibility index (Phi) is 5.09. The van der Waals surface area contributed by atoms with Crippen LogP contribution in [0, 0.1) is 13.8 Å². The molecule has 1 amide bonds. The van der Waals surface area contributed by atoms with Crippen LogP contribution in [0.25, 0.3) is 0 Å². The van der Waals surface area contributed by atoms with Crippen molar-refractivity contribution in [3.8, 4) is 0 Å². The highest BCUT2D eigenvalue weighted by Crippen LogP contribution is 2.20. The number of hydrogen-bond donors (Lipinski definition) is 1. The van der Waals surface area contributed by atoms with Crippen LogP contribution in [-0.2, 0) is 10.5 Å². The molecule has 0 unspecified atom stereocenters. The van der Waals surface area contributed by atoms with Crippen LogP contribution in [0.5, 0.6) is 0 Å². The van der Waals surface area contributed by atoms with Crippen molar-refractivity contribution in [3.05, 3.63) is 46.3 Å². The number of carbonyl (C=O) groups excluding carboxylic acids is 1. The van der Waals surface area contributed by atoms with E-state index in [1.807, 2.05) is 32.0 Å². The first-order chi connectivity index (χ1) is 9.54. The van der Waals surface area contributed by atoms with Crippen LogP contribution >= 0.6 is 23.4 Å². The van der Waals surface area contributed by atoms with Gasteiger partial charge in [0.15, 0.2) is 0 Å². The van der Waals surface area contributed by atoms with Gasteiger partial charge in [0.1, 0.15) is 5.76 Å². The number of amides is 1. The first-order valence-electron chi connectivity index (χ1n) is 6.10. The highest BCUT2D eigenvalue weighted by molar-refractivity contribution is 7.99. The number of carbonyl (C=O) groups is 1. The minimum absolute atomic E-state index is 0.0601. The summed E-state index contributed by atoms with van der Waals surface area (Å²) in [5, 5.41) is 7.33. The molecule has 2 aromatic rings. The van der Waals surface area contributed by atoms with Crippen molar-refractivity contribution in [1.29, 1.82) is 0 Å². The normalized spacial score (nSPS) is 10.6. The number of benzene rings is 1. The number of hydrogen-bond acceptors (Lipinski definition) is 4. The van der Waals surface area contributed by atoms with Gasteiger partial charge in [-0.2, -0.15) is 0 Å². The van der Waals surface area contributed by atoms with Crippen molar-refractivity contribution < 1.29 is 9.32 Å². The highest BCUT2D eigenvalue weighted by Gasteiger charge is 2.06. The van der Waals surface area contributed by atoms with Crippen molar-refractivity contribution in [1.82, 2.24) is 5.16 Å². The first-order valence-corrected chi connectivity index (χ1v) is 7.64. The smallest absolute Gasteiger partial charge is 0.234 e. The van der Waals surface area contributed by atoms with E-state index in [1.165, 1.54) is 11.8 Å². The van der Waals surface area contributed by atoms with E-state index in [9.17, 15) is 4.79 Å². The Bertz CT molecular complexity index is 613. The monoisotopic (exact) mass is 310 g/mol. The van der Waals surface area contributed by atoms with Crippen molar-refractivity contribution in [3.63, 3.8) is 0 Å². The summed E-state index contributed by atoms with van der Waals surface area (Å²) >= 11 is 7.50. The average molecular weight is 311 g/mol. The van der Waals surface area contributed by atoms with Crippen LogP contribution in [-0.4, -0.2) is 16.8 Å². The molecule has 0 aliphatic carbocycles. The van der Waals surface area contributed by atoms with E-state index in [-0.39, 0.29) is 5.91 Å². The Hall–Kier alpha value is -1.46. The Morgan fingerprint density at radius 2 is 2.20 bits per heavy atom. The molecule has 0 bridgehead atoms. The summed E-state index contributed by atoms with van der Waals surface area (Å²) in [6.07, 6.45) is 0. The quantitative estimate of drug-likeness (QED) is 0.912. The van der Waals surface area contributed by atoms with Gasteiger partial charge in [0.25, 0.3) is 0 Å². The molecule has 1 aromatic heterocycles. The van der Waals surface area contributed by atoms with E-state index in [4.69, 9.17) is 16.1 Å². The van der Waals surface area contributed by atoms with Gasteiger partial charge in [-0.05, 0) is 31.5 Å². The Balaban J connectivity index is 1.79. The number of anilines is 1. The molecule has 4 nitrogen and oxygen atoms in total. The van der Waals surface area contributed by atoms with Crippen LogP contribution in [0.3, 0.4) is 0 Å². The molecule has 1 heterocycles. The van der Waals surface area contributed by atoms with E-state index in [0.29, 0.717) is 22.2 Å². The number of rotatable bonds is 5. The molecule has 1 aromatic carbocycles. The summed E-state index contributed by atoms with van der Waals surface area (Å²) in [7, 11) is 0. The van der Waals surface area contributed by atoms with Gasteiger partial charge in [0.2, 0.25) is 5.91 Å². The molecule has 2 rings (SSSR count). The second-order valence-electron chi connectivity index (χ2n) is 4.43. The topological polar surface area (TPSA) is 55.1 Å². The van der Waals surface area contributed by atoms with Gasteiger partial charge in [-0.1, -0.05) is 22.8 Å².